The molecule has 0 atom stereocenters. The number of amides is 1. The second-order valence-corrected chi connectivity index (χ2v) is 3.83. The number of anilines is 2. The lowest BCUT2D eigenvalue weighted by molar-refractivity contribution is -0.120. The van der Waals surface area contributed by atoms with Crippen molar-refractivity contribution in [3.8, 4) is 0 Å². The van der Waals surface area contributed by atoms with Gasteiger partial charge in [0.25, 0.3) is 0 Å². The molecule has 0 spiro atoms. The number of hydrogen-bond donors (Lipinski definition) is 2. The number of benzene rings is 1. The third-order valence-corrected chi connectivity index (χ3v) is 2.75. The third-order valence-electron chi connectivity index (χ3n) is 2.75. The van der Waals surface area contributed by atoms with Crippen molar-refractivity contribution in [3.05, 3.63) is 23.8 Å². The van der Waals surface area contributed by atoms with Gasteiger partial charge in [0.2, 0.25) is 5.91 Å². The number of rotatable bonds is 4. The smallest absolute Gasteiger partial charge is 0.227 e. The van der Waals surface area contributed by atoms with Gasteiger partial charge < -0.3 is 11.1 Å². The Labute approximate surface area is 99.0 Å². The van der Waals surface area contributed by atoms with E-state index in [2.05, 4.69) is 5.32 Å². The zero-order valence-electron chi connectivity index (χ0n) is 9.89. The number of halogens is 2. The summed E-state index contributed by atoms with van der Waals surface area (Å²) in [5.41, 5.74) is 5.13. The molecule has 17 heavy (non-hydrogen) atoms. The fraction of sp³-hybridized carbons (Fsp3) is 0.417. The molecule has 0 aliphatic heterocycles. The highest BCUT2D eigenvalue weighted by molar-refractivity contribution is 5.95. The number of nitrogens with one attached hydrogen (secondary N) is 1. The lowest BCUT2D eigenvalue weighted by Crippen LogP contribution is -2.22. The molecule has 0 bridgehead atoms. The van der Waals surface area contributed by atoms with E-state index < -0.39 is 11.6 Å². The van der Waals surface area contributed by atoms with E-state index in [1.54, 1.807) is 0 Å². The summed E-state index contributed by atoms with van der Waals surface area (Å²) >= 11 is 0. The fourth-order valence-electron chi connectivity index (χ4n) is 1.57. The van der Waals surface area contributed by atoms with Gasteiger partial charge in [0, 0.05) is 5.92 Å². The maximum atomic E-state index is 13.2. The Kier molecular flexibility index (Phi) is 4.43. The minimum Gasteiger partial charge on any atom is -0.395 e. The monoisotopic (exact) mass is 242 g/mol. The van der Waals surface area contributed by atoms with E-state index in [4.69, 9.17) is 5.73 Å². The minimum absolute atomic E-state index is 0.112. The van der Waals surface area contributed by atoms with Crippen LogP contribution in [0.15, 0.2) is 12.1 Å². The summed E-state index contributed by atoms with van der Waals surface area (Å²) in [5, 5.41) is 2.51. The largest absolute Gasteiger partial charge is 0.395 e. The number of carbonyl (C=O) groups excluding carboxylic acids is 1. The topological polar surface area (TPSA) is 55.1 Å². The maximum absolute atomic E-state index is 13.2. The normalized spacial score (nSPS) is 10.6. The first-order chi connectivity index (χ1) is 8.01. The number of nitrogen functional groups attached to an aromatic ring is 1. The van der Waals surface area contributed by atoms with Gasteiger partial charge in [-0.15, -0.1) is 0 Å². The van der Waals surface area contributed by atoms with Crippen LogP contribution in [0.1, 0.15) is 26.7 Å². The molecule has 0 unspecified atom stereocenters. The molecule has 3 nitrogen and oxygen atoms in total. The molecular weight excluding hydrogens is 226 g/mol. The summed E-state index contributed by atoms with van der Waals surface area (Å²) in [5.74, 6) is -2.54. The predicted molar refractivity (Wildman–Crippen MR) is 63.5 cm³/mol. The molecule has 0 heterocycles. The van der Waals surface area contributed by atoms with Crippen molar-refractivity contribution in [3.63, 3.8) is 0 Å². The van der Waals surface area contributed by atoms with Crippen molar-refractivity contribution in [1.82, 2.24) is 0 Å². The summed E-state index contributed by atoms with van der Waals surface area (Å²) in [4.78, 5) is 11.7. The quantitative estimate of drug-likeness (QED) is 0.797. The average Bonchev–Trinajstić information content (AvgIpc) is 2.31. The van der Waals surface area contributed by atoms with Crippen molar-refractivity contribution < 1.29 is 13.6 Å². The molecule has 0 aliphatic rings. The van der Waals surface area contributed by atoms with Gasteiger partial charge in [0.05, 0.1) is 11.4 Å². The molecule has 1 aromatic carbocycles. The maximum Gasteiger partial charge on any atom is 0.227 e. The zero-order valence-corrected chi connectivity index (χ0v) is 9.89. The van der Waals surface area contributed by atoms with Crippen molar-refractivity contribution in [2.45, 2.75) is 26.7 Å². The van der Waals surface area contributed by atoms with Crippen LogP contribution in [-0.4, -0.2) is 5.91 Å². The van der Waals surface area contributed by atoms with E-state index in [1.165, 1.54) is 6.07 Å². The molecule has 1 aromatic rings. The van der Waals surface area contributed by atoms with Crippen LogP contribution in [0.5, 0.6) is 0 Å². The van der Waals surface area contributed by atoms with Crippen LogP contribution in [0.25, 0.3) is 0 Å². The molecule has 0 radical (unpaired) electrons. The first kappa shape index (κ1) is 13.4. The van der Waals surface area contributed by atoms with E-state index in [0.717, 1.165) is 6.07 Å². The summed E-state index contributed by atoms with van der Waals surface area (Å²) in [6.45, 7) is 3.78. The molecule has 5 heteroatoms. The van der Waals surface area contributed by atoms with Crippen LogP contribution in [0, 0.1) is 17.6 Å². The van der Waals surface area contributed by atoms with E-state index in [0.29, 0.717) is 12.8 Å². The first-order valence-electron chi connectivity index (χ1n) is 5.55. The van der Waals surface area contributed by atoms with Gasteiger partial charge >= 0.3 is 0 Å². The molecule has 0 saturated heterocycles. The Morgan fingerprint density at radius 2 is 1.94 bits per heavy atom. The highest BCUT2D eigenvalue weighted by Crippen LogP contribution is 2.24. The Morgan fingerprint density at radius 1 is 1.35 bits per heavy atom. The zero-order chi connectivity index (χ0) is 13.0. The van der Waals surface area contributed by atoms with E-state index in [9.17, 15) is 13.6 Å². The van der Waals surface area contributed by atoms with Gasteiger partial charge in [-0.1, -0.05) is 13.8 Å². The van der Waals surface area contributed by atoms with Crippen molar-refractivity contribution >= 4 is 17.3 Å². The highest BCUT2D eigenvalue weighted by Gasteiger charge is 2.17. The fourth-order valence-corrected chi connectivity index (χ4v) is 1.57. The number of hydrogen-bond acceptors (Lipinski definition) is 2. The van der Waals surface area contributed by atoms with Gasteiger partial charge in [-0.25, -0.2) is 8.78 Å². The number of carbonyl (C=O) groups is 1. The lowest BCUT2D eigenvalue weighted by Gasteiger charge is -2.14. The molecule has 3 N–H and O–H groups in total. The molecule has 0 saturated carbocycles. The Balaban J connectivity index is 2.89. The molecule has 1 rings (SSSR count). The standard InChI is InChI=1S/C12H16F2N2O/c1-3-7(4-2)12(17)16-9-6-5-8(13)10(14)11(9)15/h5-7H,3-4,15H2,1-2H3,(H,16,17). The molecule has 0 aliphatic carbocycles. The average molecular weight is 242 g/mol. The van der Waals surface area contributed by atoms with Gasteiger partial charge in [-0.3, -0.25) is 4.79 Å². The molecule has 0 aromatic heterocycles. The molecule has 94 valence electrons. The van der Waals surface area contributed by atoms with Crippen LogP contribution < -0.4 is 11.1 Å². The van der Waals surface area contributed by atoms with Crippen LogP contribution in [0.2, 0.25) is 0 Å². The molecule has 1 amide bonds. The lowest BCUT2D eigenvalue weighted by atomic mass is 10.0. The van der Waals surface area contributed by atoms with Crippen molar-refractivity contribution in [2.24, 2.45) is 5.92 Å². The Morgan fingerprint density at radius 3 is 2.47 bits per heavy atom. The van der Waals surface area contributed by atoms with Gasteiger partial charge in [-0.2, -0.15) is 0 Å². The van der Waals surface area contributed by atoms with Crippen LogP contribution in [0.4, 0.5) is 20.2 Å². The molecular formula is C12H16F2N2O. The van der Waals surface area contributed by atoms with Crippen LogP contribution >= 0.6 is 0 Å². The number of nitrogens with two attached hydrogens (primary N) is 1. The summed E-state index contributed by atoms with van der Waals surface area (Å²) < 4.78 is 26.0. The van der Waals surface area contributed by atoms with Crippen LogP contribution in [-0.2, 0) is 4.79 Å². The second-order valence-electron chi connectivity index (χ2n) is 3.83. The Hall–Kier alpha value is -1.65. The van der Waals surface area contributed by atoms with Crippen LogP contribution in [0.3, 0.4) is 0 Å². The van der Waals surface area contributed by atoms with Crippen molar-refractivity contribution in [1.29, 1.82) is 0 Å². The minimum atomic E-state index is -1.13. The van der Waals surface area contributed by atoms with E-state index >= 15 is 0 Å². The Bertz CT molecular complexity index is 417. The summed E-state index contributed by atoms with van der Waals surface area (Å²) in [7, 11) is 0. The summed E-state index contributed by atoms with van der Waals surface area (Å²) in [6, 6.07) is 2.20. The van der Waals surface area contributed by atoms with Crippen molar-refractivity contribution in [2.75, 3.05) is 11.1 Å². The summed E-state index contributed by atoms with van der Waals surface area (Å²) in [6.07, 6.45) is 1.37. The highest BCUT2D eigenvalue weighted by atomic mass is 19.2. The van der Waals surface area contributed by atoms with Gasteiger partial charge in [0.15, 0.2) is 11.6 Å². The molecule has 0 fully saturated rings. The van der Waals surface area contributed by atoms with Gasteiger partial charge in [-0.05, 0) is 25.0 Å². The van der Waals surface area contributed by atoms with E-state index in [-0.39, 0.29) is 23.2 Å². The SMILES string of the molecule is CCC(CC)C(=O)Nc1ccc(F)c(F)c1N. The van der Waals surface area contributed by atoms with E-state index in [1.807, 2.05) is 13.8 Å². The third kappa shape index (κ3) is 2.93. The van der Waals surface area contributed by atoms with Gasteiger partial charge in [0.1, 0.15) is 0 Å². The predicted octanol–water partition coefficient (Wildman–Crippen LogP) is 2.92. The second kappa shape index (κ2) is 5.61. The first-order valence-corrected chi connectivity index (χ1v) is 5.55.